The van der Waals surface area contributed by atoms with Gasteiger partial charge in [0.05, 0.1) is 0 Å². The molecule has 1 unspecified atom stereocenters. The van der Waals surface area contributed by atoms with Crippen molar-refractivity contribution in [1.82, 2.24) is 0 Å². The fourth-order valence-corrected chi connectivity index (χ4v) is 1.56. The van der Waals surface area contributed by atoms with Gasteiger partial charge in [0.25, 0.3) is 0 Å². The van der Waals surface area contributed by atoms with E-state index in [2.05, 4.69) is 26.6 Å². The van der Waals surface area contributed by atoms with Crippen LogP contribution < -0.4 is 0 Å². The minimum Gasteiger partial charge on any atom is -0.381 e. The zero-order valence-corrected chi connectivity index (χ0v) is 9.89. The van der Waals surface area contributed by atoms with Gasteiger partial charge in [-0.1, -0.05) is 26.6 Å². The summed E-state index contributed by atoms with van der Waals surface area (Å²) in [5, 5.41) is 0. The molecule has 12 heavy (non-hydrogen) atoms. The second kappa shape index (κ2) is 3.92. The lowest BCUT2D eigenvalue weighted by atomic mass is 10.4. The summed E-state index contributed by atoms with van der Waals surface area (Å²) in [6.07, 6.45) is 2.81. The van der Waals surface area contributed by atoms with Gasteiger partial charge in [-0.05, 0) is 24.3 Å². The first-order valence-corrected chi connectivity index (χ1v) is 8.65. The Morgan fingerprint density at radius 1 is 1.33 bits per heavy atom. The van der Waals surface area contributed by atoms with Crippen LogP contribution in [0, 0.1) is 5.92 Å². The van der Waals surface area contributed by atoms with Crippen LogP contribution in [0.15, 0.2) is 0 Å². The van der Waals surface area contributed by atoms with Gasteiger partial charge >= 0.3 is 0 Å². The highest BCUT2D eigenvalue weighted by Crippen LogP contribution is 2.29. The topological polar surface area (TPSA) is 9.23 Å². The Labute approximate surface area is 77.5 Å². The van der Waals surface area contributed by atoms with E-state index >= 15 is 0 Å². The quantitative estimate of drug-likeness (QED) is 0.599. The maximum atomic E-state index is 5.68. The molecule has 1 nitrogen and oxygen atoms in total. The monoisotopic (exact) mass is 186 g/mol. The van der Waals surface area contributed by atoms with Crippen molar-refractivity contribution < 1.29 is 4.74 Å². The molecule has 0 N–H and O–H groups in total. The van der Waals surface area contributed by atoms with Crippen molar-refractivity contribution in [2.24, 2.45) is 5.92 Å². The molecule has 0 aromatic rings. The predicted molar refractivity (Wildman–Crippen MR) is 56.3 cm³/mol. The molecular formula is C10H22OSi. The van der Waals surface area contributed by atoms with Crippen LogP contribution in [0.5, 0.6) is 0 Å². The van der Waals surface area contributed by atoms with E-state index in [1.54, 1.807) is 0 Å². The van der Waals surface area contributed by atoms with E-state index in [1.807, 2.05) is 0 Å². The minimum atomic E-state index is -0.937. The van der Waals surface area contributed by atoms with Crippen LogP contribution in [0.1, 0.15) is 19.8 Å². The normalized spacial score (nSPS) is 21.0. The zero-order chi connectivity index (χ0) is 9.19. The molecule has 1 saturated carbocycles. The molecule has 0 spiro atoms. The van der Waals surface area contributed by atoms with Gasteiger partial charge in [0, 0.05) is 21.3 Å². The molecule has 1 rings (SSSR count). The van der Waals surface area contributed by atoms with Crippen LogP contribution in [-0.2, 0) is 4.74 Å². The number of rotatable bonds is 5. The van der Waals surface area contributed by atoms with E-state index in [9.17, 15) is 0 Å². The van der Waals surface area contributed by atoms with Crippen molar-refractivity contribution >= 4 is 8.07 Å². The van der Waals surface area contributed by atoms with Crippen LogP contribution in [-0.4, -0.2) is 21.3 Å². The summed E-state index contributed by atoms with van der Waals surface area (Å²) in [6, 6.07) is 0. The number of hydrogen-bond acceptors (Lipinski definition) is 1. The lowest BCUT2D eigenvalue weighted by molar-refractivity contribution is 0.124. The fourth-order valence-electron chi connectivity index (χ4n) is 0.946. The van der Waals surface area contributed by atoms with Crippen LogP contribution >= 0.6 is 0 Å². The highest BCUT2D eigenvalue weighted by molar-refractivity contribution is 6.77. The van der Waals surface area contributed by atoms with Crippen molar-refractivity contribution in [2.45, 2.75) is 44.9 Å². The van der Waals surface area contributed by atoms with E-state index in [1.165, 1.54) is 12.8 Å². The first kappa shape index (κ1) is 10.3. The average molecular weight is 186 g/mol. The Balaban J connectivity index is 2.04. The van der Waals surface area contributed by atoms with Gasteiger partial charge in [-0.3, -0.25) is 0 Å². The predicted octanol–water partition coefficient (Wildman–Crippen LogP) is 3.14. The Kier molecular flexibility index (Phi) is 3.35. The van der Waals surface area contributed by atoms with Crippen LogP contribution in [0.4, 0.5) is 0 Å². The molecule has 2 heteroatoms. The number of ether oxygens (including phenoxy) is 1. The van der Waals surface area contributed by atoms with E-state index in [0.29, 0.717) is 0 Å². The molecule has 1 aliphatic rings. The van der Waals surface area contributed by atoms with Gasteiger partial charge in [-0.15, -0.1) is 0 Å². The Morgan fingerprint density at radius 2 is 1.92 bits per heavy atom. The van der Waals surface area contributed by atoms with Crippen molar-refractivity contribution in [1.29, 1.82) is 0 Å². The summed E-state index contributed by atoms with van der Waals surface area (Å²) in [5.74, 6) is 0.916. The van der Waals surface area contributed by atoms with Gasteiger partial charge in [0.1, 0.15) is 0 Å². The molecule has 72 valence electrons. The molecule has 1 atom stereocenters. The average Bonchev–Trinajstić information content (AvgIpc) is 2.69. The Morgan fingerprint density at radius 3 is 2.33 bits per heavy atom. The highest BCUT2D eigenvalue weighted by Gasteiger charge is 2.25. The summed E-state index contributed by atoms with van der Waals surface area (Å²) < 4.78 is 5.68. The number of hydrogen-bond donors (Lipinski definition) is 0. The molecule has 1 fully saturated rings. The minimum absolute atomic E-state index is 0.802. The Bertz CT molecular complexity index is 135. The SMILES string of the molecule is CC(COCC1CC1)[Si](C)(C)C. The molecule has 0 radical (unpaired) electrons. The molecule has 0 saturated heterocycles. The lowest BCUT2D eigenvalue weighted by Crippen LogP contribution is -2.29. The van der Waals surface area contributed by atoms with E-state index in [0.717, 1.165) is 24.7 Å². The van der Waals surface area contributed by atoms with Gasteiger partial charge in [-0.25, -0.2) is 0 Å². The van der Waals surface area contributed by atoms with Gasteiger partial charge in [-0.2, -0.15) is 0 Å². The van der Waals surface area contributed by atoms with E-state index in [4.69, 9.17) is 4.74 Å². The van der Waals surface area contributed by atoms with Crippen molar-refractivity contribution in [2.75, 3.05) is 13.2 Å². The van der Waals surface area contributed by atoms with Gasteiger partial charge < -0.3 is 4.74 Å². The molecule has 0 aromatic carbocycles. The third kappa shape index (κ3) is 3.72. The van der Waals surface area contributed by atoms with Crippen molar-refractivity contribution in [3.63, 3.8) is 0 Å². The second-order valence-electron chi connectivity index (χ2n) is 5.25. The summed E-state index contributed by atoms with van der Waals surface area (Å²) in [6.45, 7) is 11.6. The first-order chi connectivity index (χ1) is 5.50. The van der Waals surface area contributed by atoms with Gasteiger partial charge in [0.15, 0.2) is 0 Å². The molecule has 0 aromatic heterocycles. The smallest absolute Gasteiger partial charge is 0.0496 e. The van der Waals surface area contributed by atoms with Crippen molar-refractivity contribution in [3.05, 3.63) is 0 Å². The largest absolute Gasteiger partial charge is 0.381 e. The molecule has 1 aliphatic carbocycles. The lowest BCUT2D eigenvalue weighted by Gasteiger charge is -2.24. The molecule has 0 heterocycles. The van der Waals surface area contributed by atoms with Crippen molar-refractivity contribution in [3.8, 4) is 0 Å². The third-order valence-corrected chi connectivity index (χ3v) is 6.02. The standard InChI is InChI=1S/C10H22OSi/c1-9(12(2,3)4)7-11-8-10-5-6-10/h9-10H,5-8H2,1-4H3. The summed E-state index contributed by atoms with van der Waals surface area (Å²) >= 11 is 0. The summed E-state index contributed by atoms with van der Waals surface area (Å²) in [4.78, 5) is 0. The highest BCUT2D eigenvalue weighted by atomic mass is 28.3. The van der Waals surface area contributed by atoms with Crippen LogP contribution in [0.25, 0.3) is 0 Å². The maximum absolute atomic E-state index is 5.68. The van der Waals surface area contributed by atoms with Crippen LogP contribution in [0.3, 0.4) is 0 Å². The van der Waals surface area contributed by atoms with Gasteiger partial charge in [0.2, 0.25) is 0 Å². The molecule has 0 amide bonds. The summed E-state index contributed by atoms with van der Waals surface area (Å²) in [7, 11) is -0.937. The molecule has 0 aliphatic heterocycles. The Hall–Kier alpha value is 0.177. The van der Waals surface area contributed by atoms with E-state index in [-0.39, 0.29) is 0 Å². The molecule has 0 bridgehead atoms. The third-order valence-electron chi connectivity index (χ3n) is 2.90. The fraction of sp³-hybridized carbons (Fsp3) is 1.00. The molecular weight excluding hydrogens is 164 g/mol. The van der Waals surface area contributed by atoms with E-state index < -0.39 is 8.07 Å². The second-order valence-corrected chi connectivity index (χ2v) is 11.0. The zero-order valence-electron chi connectivity index (χ0n) is 8.89. The first-order valence-electron chi connectivity index (χ1n) is 5.08. The van der Waals surface area contributed by atoms with Crippen LogP contribution in [0.2, 0.25) is 25.2 Å². The summed E-state index contributed by atoms with van der Waals surface area (Å²) in [5.41, 5.74) is 0.802. The maximum Gasteiger partial charge on any atom is 0.0496 e.